The number of hydrogen-bond acceptors (Lipinski definition) is 3. The van der Waals surface area contributed by atoms with Crippen molar-refractivity contribution in [2.45, 2.75) is 50.5 Å². The van der Waals surface area contributed by atoms with Crippen molar-refractivity contribution in [1.29, 1.82) is 0 Å². The van der Waals surface area contributed by atoms with Crippen molar-refractivity contribution >= 4 is 21.6 Å². The summed E-state index contributed by atoms with van der Waals surface area (Å²) in [5.74, 6) is 0.124. The molecule has 1 saturated carbocycles. The number of benzene rings is 1. The summed E-state index contributed by atoms with van der Waals surface area (Å²) >= 11 is 0. The van der Waals surface area contributed by atoms with Gasteiger partial charge in [0.2, 0.25) is 15.9 Å². The highest BCUT2D eigenvalue weighted by Crippen LogP contribution is 2.26. The van der Waals surface area contributed by atoms with E-state index in [0.717, 1.165) is 25.7 Å². The Morgan fingerprint density at radius 1 is 1.14 bits per heavy atom. The predicted molar refractivity (Wildman–Crippen MR) is 82.5 cm³/mol. The third kappa shape index (κ3) is 4.28. The van der Waals surface area contributed by atoms with Gasteiger partial charge in [0, 0.05) is 17.6 Å². The average molecular weight is 310 g/mol. The second-order valence-electron chi connectivity index (χ2n) is 5.77. The monoisotopic (exact) mass is 310 g/mol. The van der Waals surface area contributed by atoms with Crippen LogP contribution in [0, 0.1) is 5.92 Å². The maximum absolute atomic E-state index is 12.0. The van der Waals surface area contributed by atoms with Crippen molar-refractivity contribution in [3.05, 3.63) is 24.3 Å². The van der Waals surface area contributed by atoms with Crippen molar-refractivity contribution < 1.29 is 13.2 Å². The van der Waals surface area contributed by atoms with Crippen LogP contribution in [-0.2, 0) is 14.8 Å². The third-order valence-electron chi connectivity index (χ3n) is 3.55. The lowest BCUT2D eigenvalue weighted by Gasteiger charge is -2.12. The van der Waals surface area contributed by atoms with Crippen molar-refractivity contribution in [2.75, 3.05) is 5.32 Å². The zero-order chi connectivity index (χ0) is 15.5. The molecule has 0 saturated heterocycles. The molecule has 0 heterocycles. The minimum Gasteiger partial charge on any atom is -0.326 e. The molecule has 1 aromatic carbocycles. The summed E-state index contributed by atoms with van der Waals surface area (Å²) in [5.41, 5.74) is 0.635. The van der Waals surface area contributed by atoms with Gasteiger partial charge in [-0.3, -0.25) is 4.79 Å². The van der Waals surface area contributed by atoms with E-state index >= 15 is 0 Å². The van der Waals surface area contributed by atoms with Gasteiger partial charge in [-0.2, -0.15) is 0 Å². The van der Waals surface area contributed by atoms with E-state index in [1.165, 1.54) is 12.1 Å². The van der Waals surface area contributed by atoms with E-state index in [2.05, 4.69) is 10.0 Å². The van der Waals surface area contributed by atoms with Crippen LogP contribution in [0.4, 0.5) is 5.69 Å². The molecular weight excluding hydrogens is 288 g/mol. The summed E-state index contributed by atoms with van der Waals surface area (Å²) in [4.78, 5) is 12.2. The molecule has 1 amide bonds. The van der Waals surface area contributed by atoms with Crippen molar-refractivity contribution in [3.63, 3.8) is 0 Å². The molecule has 0 atom stereocenters. The lowest BCUT2D eigenvalue weighted by molar-refractivity contribution is -0.119. The molecule has 116 valence electrons. The van der Waals surface area contributed by atoms with Gasteiger partial charge in [0.15, 0.2) is 0 Å². The van der Waals surface area contributed by atoms with E-state index in [9.17, 15) is 13.2 Å². The van der Waals surface area contributed by atoms with Crippen molar-refractivity contribution in [2.24, 2.45) is 5.92 Å². The van der Waals surface area contributed by atoms with E-state index in [1.54, 1.807) is 26.0 Å². The van der Waals surface area contributed by atoms with Gasteiger partial charge in [-0.25, -0.2) is 13.1 Å². The molecule has 0 aromatic heterocycles. The number of hydrogen-bond donors (Lipinski definition) is 2. The number of carbonyl (C=O) groups is 1. The molecule has 0 unspecified atom stereocenters. The molecule has 6 heteroatoms. The fourth-order valence-electron chi connectivity index (χ4n) is 2.53. The zero-order valence-electron chi connectivity index (χ0n) is 12.4. The van der Waals surface area contributed by atoms with E-state index in [0.29, 0.717) is 5.69 Å². The van der Waals surface area contributed by atoms with Crippen LogP contribution in [-0.4, -0.2) is 20.4 Å². The Morgan fingerprint density at radius 3 is 2.24 bits per heavy atom. The highest BCUT2D eigenvalue weighted by molar-refractivity contribution is 7.89. The molecule has 1 aliphatic carbocycles. The average Bonchev–Trinajstić information content (AvgIpc) is 2.91. The summed E-state index contributed by atoms with van der Waals surface area (Å²) in [7, 11) is -3.48. The molecule has 2 rings (SSSR count). The van der Waals surface area contributed by atoms with E-state index < -0.39 is 10.0 Å². The Morgan fingerprint density at radius 2 is 1.71 bits per heavy atom. The Balaban J connectivity index is 2.03. The maximum atomic E-state index is 12.0. The number of carbonyl (C=O) groups excluding carboxylic acids is 1. The number of sulfonamides is 1. The van der Waals surface area contributed by atoms with Gasteiger partial charge in [-0.15, -0.1) is 0 Å². The second kappa shape index (κ2) is 6.58. The van der Waals surface area contributed by atoms with Gasteiger partial charge in [0.05, 0.1) is 4.90 Å². The first-order valence-electron chi connectivity index (χ1n) is 7.32. The predicted octanol–water partition coefficient (Wildman–Crippen LogP) is 2.50. The molecule has 1 fully saturated rings. The van der Waals surface area contributed by atoms with Crippen LogP contribution in [0.15, 0.2) is 29.2 Å². The Hall–Kier alpha value is -1.40. The number of rotatable bonds is 5. The molecular formula is C15H22N2O3S. The fraction of sp³-hybridized carbons (Fsp3) is 0.533. The van der Waals surface area contributed by atoms with Gasteiger partial charge < -0.3 is 5.32 Å². The largest absolute Gasteiger partial charge is 0.326 e. The standard InChI is InChI=1S/C15H22N2O3S/c1-11(2)17-21(19,20)14-9-7-13(8-10-14)16-15(18)12-5-3-4-6-12/h7-12,17H,3-6H2,1-2H3,(H,16,18). The normalized spacial score (nSPS) is 16.3. The van der Waals surface area contributed by atoms with E-state index in [1.807, 2.05) is 0 Å². The molecule has 21 heavy (non-hydrogen) atoms. The Kier molecular flexibility index (Phi) is 5.00. The molecule has 0 spiro atoms. The molecule has 0 radical (unpaired) electrons. The first-order valence-corrected chi connectivity index (χ1v) is 8.80. The smallest absolute Gasteiger partial charge is 0.240 e. The van der Waals surface area contributed by atoms with Crippen molar-refractivity contribution in [1.82, 2.24) is 4.72 Å². The lowest BCUT2D eigenvalue weighted by Crippen LogP contribution is -2.30. The first-order chi connectivity index (χ1) is 9.88. The van der Waals surface area contributed by atoms with Gasteiger partial charge >= 0.3 is 0 Å². The van der Waals surface area contributed by atoms with Gasteiger partial charge in [0.25, 0.3) is 0 Å². The Labute approximate surface area is 126 Å². The fourth-order valence-corrected chi connectivity index (χ4v) is 3.78. The molecule has 2 N–H and O–H groups in total. The number of amides is 1. The minimum absolute atomic E-state index is 0.0309. The SMILES string of the molecule is CC(C)NS(=O)(=O)c1ccc(NC(=O)C2CCCC2)cc1. The molecule has 0 bridgehead atoms. The number of anilines is 1. The second-order valence-corrected chi connectivity index (χ2v) is 7.48. The van der Waals surface area contributed by atoms with Gasteiger partial charge in [-0.1, -0.05) is 12.8 Å². The first kappa shape index (κ1) is 16.0. The van der Waals surface area contributed by atoms with Crippen LogP contribution < -0.4 is 10.0 Å². The molecule has 0 aliphatic heterocycles. The maximum Gasteiger partial charge on any atom is 0.240 e. The van der Waals surface area contributed by atoms with Crippen LogP contribution in [0.5, 0.6) is 0 Å². The van der Waals surface area contributed by atoms with Crippen LogP contribution >= 0.6 is 0 Å². The summed E-state index contributed by atoms with van der Waals surface area (Å²) in [6.07, 6.45) is 4.10. The van der Waals surface area contributed by atoms with Crippen molar-refractivity contribution in [3.8, 4) is 0 Å². The Bertz CT molecular complexity index is 588. The van der Waals surface area contributed by atoms with Crippen LogP contribution in [0.1, 0.15) is 39.5 Å². The van der Waals surface area contributed by atoms with Crippen LogP contribution in [0.3, 0.4) is 0 Å². The van der Waals surface area contributed by atoms with E-state index in [4.69, 9.17) is 0 Å². The van der Waals surface area contributed by atoms with E-state index in [-0.39, 0.29) is 22.8 Å². The topological polar surface area (TPSA) is 75.3 Å². The summed E-state index contributed by atoms with van der Waals surface area (Å²) < 4.78 is 26.5. The summed E-state index contributed by atoms with van der Waals surface area (Å²) in [6.45, 7) is 3.54. The summed E-state index contributed by atoms with van der Waals surface area (Å²) in [6, 6.07) is 6.12. The zero-order valence-corrected chi connectivity index (χ0v) is 13.2. The number of nitrogens with one attached hydrogen (secondary N) is 2. The quantitative estimate of drug-likeness (QED) is 0.877. The molecule has 1 aliphatic rings. The highest BCUT2D eigenvalue weighted by atomic mass is 32.2. The van der Waals surface area contributed by atoms with Crippen LogP contribution in [0.2, 0.25) is 0 Å². The molecule has 1 aromatic rings. The van der Waals surface area contributed by atoms with Crippen LogP contribution in [0.25, 0.3) is 0 Å². The highest BCUT2D eigenvalue weighted by Gasteiger charge is 2.22. The molecule has 5 nitrogen and oxygen atoms in total. The van der Waals surface area contributed by atoms with Gasteiger partial charge in [-0.05, 0) is 51.0 Å². The van der Waals surface area contributed by atoms with Gasteiger partial charge in [0.1, 0.15) is 0 Å². The lowest BCUT2D eigenvalue weighted by atomic mass is 10.1. The third-order valence-corrected chi connectivity index (χ3v) is 5.22. The minimum atomic E-state index is -3.48. The summed E-state index contributed by atoms with van der Waals surface area (Å²) in [5, 5.41) is 2.85.